The van der Waals surface area contributed by atoms with Crippen LogP contribution in [0, 0.1) is 0 Å². The third-order valence-corrected chi connectivity index (χ3v) is 11.1. The van der Waals surface area contributed by atoms with Crippen LogP contribution in [0.4, 0.5) is 0 Å². The SMILES string of the molecule is C1=CCC(n2c3ccccc3c3cc(-c4cc5c(c(-c6cccc(-n7c8ccccc8c8ccccc87)c6)c4)Oc4ccccc4C5)ccc32)C=C1. The standard InChI is InChI=1S/C49H34N2O/c1-2-15-37(16-3-1)50-46-23-10-7-20-41(46)43-30-32(25-26-47(43)50)35-28-36-27-34-13-4-11-24-48(34)52-49(36)42(31-35)33-14-12-17-38(29-33)51-44-21-8-5-18-39(44)40-19-6-9-22-45(40)51/h1-15,17-26,28-31,37H,16,27H2. The van der Waals surface area contributed by atoms with Crippen molar-refractivity contribution < 1.29 is 4.74 Å². The van der Waals surface area contributed by atoms with Crippen molar-refractivity contribution in [3.63, 3.8) is 0 Å². The molecule has 9 aromatic rings. The van der Waals surface area contributed by atoms with Crippen LogP contribution in [0.5, 0.6) is 11.5 Å². The van der Waals surface area contributed by atoms with Crippen molar-refractivity contribution in [2.45, 2.75) is 18.9 Å². The lowest BCUT2D eigenvalue weighted by molar-refractivity contribution is 0.462. The van der Waals surface area contributed by atoms with Gasteiger partial charge in [0.1, 0.15) is 11.5 Å². The fourth-order valence-electron chi connectivity index (χ4n) is 8.70. The summed E-state index contributed by atoms with van der Waals surface area (Å²) in [6.45, 7) is 0. The maximum atomic E-state index is 6.80. The highest BCUT2D eigenvalue weighted by Gasteiger charge is 2.24. The average molecular weight is 667 g/mol. The summed E-state index contributed by atoms with van der Waals surface area (Å²) in [4.78, 5) is 0. The van der Waals surface area contributed by atoms with Gasteiger partial charge < -0.3 is 13.9 Å². The molecule has 0 saturated heterocycles. The lowest BCUT2D eigenvalue weighted by atomic mass is 9.90. The zero-order chi connectivity index (χ0) is 34.2. The summed E-state index contributed by atoms with van der Waals surface area (Å²) in [7, 11) is 0. The third-order valence-electron chi connectivity index (χ3n) is 11.1. The molecule has 11 rings (SSSR count). The molecule has 2 aliphatic rings. The Morgan fingerprint density at radius 2 is 1.21 bits per heavy atom. The Kier molecular flexibility index (Phi) is 6.44. The van der Waals surface area contributed by atoms with Crippen LogP contribution in [0.1, 0.15) is 23.6 Å². The molecule has 1 aliphatic heterocycles. The molecule has 7 aromatic carbocycles. The van der Waals surface area contributed by atoms with Crippen LogP contribution in [0.15, 0.2) is 176 Å². The van der Waals surface area contributed by atoms with Crippen LogP contribution in [0.3, 0.4) is 0 Å². The van der Waals surface area contributed by atoms with Gasteiger partial charge in [0.2, 0.25) is 0 Å². The van der Waals surface area contributed by atoms with E-state index in [4.69, 9.17) is 4.74 Å². The van der Waals surface area contributed by atoms with Gasteiger partial charge in [0.25, 0.3) is 0 Å². The molecular formula is C49H34N2O. The molecule has 1 atom stereocenters. The molecule has 1 aliphatic carbocycles. The van der Waals surface area contributed by atoms with Gasteiger partial charge in [-0.1, -0.05) is 115 Å². The normalized spacial score (nSPS) is 15.0. The zero-order valence-corrected chi connectivity index (χ0v) is 28.5. The Bertz CT molecular complexity index is 2900. The van der Waals surface area contributed by atoms with E-state index in [0.717, 1.165) is 41.2 Å². The highest BCUT2D eigenvalue weighted by Crippen LogP contribution is 2.46. The first kappa shape index (κ1) is 29.2. The summed E-state index contributed by atoms with van der Waals surface area (Å²) in [5.74, 6) is 1.88. The second-order valence-corrected chi connectivity index (χ2v) is 14.1. The molecule has 3 nitrogen and oxygen atoms in total. The Hall–Kier alpha value is -6.58. The van der Waals surface area contributed by atoms with Crippen LogP contribution in [-0.2, 0) is 6.42 Å². The highest BCUT2D eigenvalue weighted by atomic mass is 16.5. The summed E-state index contributed by atoms with van der Waals surface area (Å²) in [6.07, 6.45) is 10.7. The number of nitrogens with zero attached hydrogens (tertiary/aromatic N) is 2. The summed E-state index contributed by atoms with van der Waals surface area (Å²) >= 11 is 0. The Balaban J connectivity index is 1.11. The maximum absolute atomic E-state index is 6.80. The van der Waals surface area contributed by atoms with Crippen molar-refractivity contribution in [3.05, 3.63) is 187 Å². The van der Waals surface area contributed by atoms with Crippen LogP contribution >= 0.6 is 0 Å². The number of rotatable bonds is 4. The van der Waals surface area contributed by atoms with E-state index in [-0.39, 0.29) is 0 Å². The minimum absolute atomic E-state index is 0.299. The number of allylic oxidation sites excluding steroid dienone is 4. The van der Waals surface area contributed by atoms with Gasteiger partial charge in [-0.25, -0.2) is 0 Å². The Morgan fingerprint density at radius 1 is 0.500 bits per heavy atom. The minimum Gasteiger partial charge on any atom is -0.456 e. The van der Waals surface area contributed by atoms with Gasteiger partial charge in [-0.2, -0.15) is 0 Å². The quantitative estimate of drug-likeness (QED) is 0.183. The van der Waals surface area contributed by atoms with Gasteiger partial charge in [0.05, 0.1) is 17.1 Å². The molecule has 3 heterocycles. The van der Waals surface area contributed by atoms with Crippen molar-refractivity contribution in [3.8, 4) is 39.4 Å². The fourth-order valence-corrected chi connectivity index (χ4v) is 8.70. The lowest BCUT2D eigenvalue weighted by Crippen LogP contribution is -2.06. The Morgan fingerprint density at radius 3 is 2.00 bits per heavy atom. The van der Waals surface area contributed by atoms with Gasteiger partial charge in [-0.15, -0.1) is 0 Å². The summed E-state index contributed by atoms with van der Waals surface area (Å²) in [5, 5.41) is 5.09. The molecule has 0 bridgehead atoms. The van der Waals surface area contributed by atoms with Crippen LogP contribution < -0.4 is 4.74 Å². The molecule has 0 N–H and O–H groups in total. The minimum atomic E-state index is 0.299. The molecule has 0 radical (unpaired) electrons. The van der Waals surface area contributed by atoms with E-state index < -0.39 is 0 Å². The highest BCUT2D eigenvalue weighted by molar-refractivity contribution is 6.10. The molecule has 1 unspecified atom stereocenters. The topological polar surface area (TPSA) is 19.1 Å². The number of aromatic nitrogens is 2. The molecule has 2 aromatic heterocycles. The van der Waals surface area contributed by atoms with Crippen LogP contribution in [-0.4, -0.2) is 9.13 Å². The molecule has 3 heteroatoms. The summed E-state index contributed by atoms with van der Waals surface area (Å²) in [5.41, 5.74) is 13.1. The lowest BCUT2D eigenvalue weighted by Gasteiger charge is -2.24. The predicted molar refractivity (Wildman–Crippen MR) is 216 cm³/mol. The summed E-state index contributed by atoms with van der Waals surface area (Å²) in [6, 6.07) is 55.6. The maximum Gasteiger partial charge on any atom is 0.138 e. The first-order valence-electron chi connectivity index (χ1n) is 18.2. The number of hydrogen-bond acceptors (Lipinski definition) is 1. The number of para-hydroxylation sites is 4. The second kappa shape index (κ2) is 11.5. The van der Waals surface area contributed by atoms with E-state index in [2.05, 4.69) is 185 Å². The van der Waals surface area contributed by atoms with E-state index in [1.807, 2.05) is 0 Å². The monoisotopic (exact) mass is 666 g/mol. The molecular weight excluding hydrogens is 633 g/mol. The van der Waals surface area contributed by atoms with Gasteiger partial charge in [0.15, 0.2) is 0 Å². The van der Waals surface area contributed by atoms with Crippen molar-refractivity contribution >= 4 is 43.6 Å². The van der Waals surface area contributed by atoms with Crippen molar-refractivity contribution in [2.24, 2.45) is 0 Å². The average Bonchev–Trinajstić information content (AvgIpc) is 3.73. The third kappa shape index (κ3) is 4.46. The van der Waals surface area contributed by atoms with E-state index in [1.165, 1.54) is 65.9 Å². The van der Waals surface area contributed by atoms with Gasteiger partial charge in [0, 0.05) is 55.8 Å². The fraction of sp³-hybridized carbons (Fsp3) is 0.0612. The van der Waals surface area contributed by atoms with E-state index in [0.29, 0.717) is 6.04 Å². The number of benzene rings is 7. The number of fused-ring (bicyclic) bond motifs is 8. The first-order valence-corrected chi connectivity index (χ1v) is 18.2. The largest absolute Gasteiger partial charge is 0.456 e. The Labute approximate surface area is 302 Å². The van der Waals surface area contributed by atoms with Gasteiger partial charge in [-0.05, 0) is 89.3 Å². The second-order valence-electron chi connectivity index (χ2n) is 14.1. The van der Waals surface area contributed by atoms with Crippen molar-refractivity contribution in [1.82, 2.24) is 9.13 Å². The molecule has 0 saturated carbocycles. The predicted octanol–water partition coefficient (Wildman–Crippen LogP) is 13.0. The zero-order valence-electron chi connectivity index (χ0n) is 28.5. The van der Waals surface area contributed by atoms with E-state index in [9.17, 15) is 0 Å². The summed E-state index contributed by atoms with van der Waals surface area (Å²) < 4.78 is 11.7. The molecule has 52 heavy (non-hydrogen) atoms. The van der Waals surface area contributed by atoms with Crippen molar-refractivity contribution in [1.29, 1.82) is 0 Å². The molecule has 0 amide bonds. The van der Waals surface area contributed by atoms with Crippen molar-refractivity contribution in [2.75, 3.05) is 0 Å². The molecule has 0 spiro atoms. The number of hydrogen-bond donors (Lipinski definition) is 0. The number of ether oxygens (including phenoxy) is 1. The van der Waals surface area contributed by atoms with Crippen LogP contribution in [0.2, 0.25) is 0 Å². The van der Waals surface area contributed by atoms with Gasteiger partial charge in [-0.3, -0.25) is 0 Å². The van der Waals surface area contributed by atoms with Gasteiger partial charge >= 0.3 is 0 Å². The smallest absolute Gasteiger partial charge is 0.138 e. The van der Waals surface area contributed by atoms with Crippen LogP contribution in [0.25, 0.3) is 71.6 Å². The van der Waals surface area contributed by atoms with E-state index in [1.54, 1.807) is 0 Å². The molecule has 246 valence electrons. The van der Waals surface area contributed by atoms with E-state index >= 15 is 0 Å². The first-order chi connectivity index (χ1) is 25.8. The molecule has 0 fully saturated rings.